The van der Waals surface area contributed by atoms with Crippen molar-refractivity contribution < 1.29 is 9.47 Å². The topological polar surface area (TPSA) is 33.7 Å². The van der Waals surface area contributed by atoms with Crippen LogP contribution in [0.5, 0.6) is 0 Å². The van der Waals surface area contributed by atoms with Crippen molar-refractivity contribution in [3.63, 3.8) is 0 Å². The SMILES string of the molecule is CCN(CC1CC1)C1CC2(CCC1NC)OCCO2. The predicted octanol–water partition coefficient (Wildman–Crippen LogP) is 1.60. The highest BCUT2D eigenvalue weighted by Gasteiger charge is 2.46. The molecule has 3 rings (SSSR count). The van der Waals surface area contributed by atoms with Crippen LogP contribution >= 0.6 is 0 Å². The summed E-state index contributed by atoms with van der Waals surface area (Å²) in [5, 5.41) is 3.52. The maximum Gasteiger partial charge on any atom is 0.170 e. The molecule has 3 fully saturated rings. The Hall–Kier alpha value is -0.160. The van der Waals surface area contributed by atoms with E-state index in [0.717, 1.165) is 44.9 Å². The minimum Gasteiger partial charge on any atom is -0.347 e. The molecule has 110 valence electrons. The summed E-state index contributed by atoms with van der Waals surface area (Å²) >= 11 is 0. The van der Waals surface area contributed by atoms with Crippen molar-refractivity contribution in [1.82, 2.24) is 10.2 Å². The van der Waals surface area contributed by atoms with Crippen molar-refractivity contribution in [1.29, 1.82) is 0 Å². The summed E-state index contributed by atoms with van der Waals surface area (Å²) in [6.07, 6.45) is 6.06. The standard InChI is InChI=1S/C15H28N2O2/c1-3-17(11-12-4-5-12)14-10-15(18-8-9-19-15)7-6-13(14)16-2/h12-14,16H,3-11H2,1-2H3. The van der Waals surface area contributed by atoms with E-state index in [0.29, 0.717) is 12.1 Å². The third-order valence-electron chi connectivity index (χ3n) is 5.07. The highest BCUT2D eigenvalue weighted by Crippen LogP contribution is 2.39. The fourth-order valence-electron chi connectivity index (χ4n) is 3.74. The molecule has 4 heteroatoms. The molecule has 2 aliphatic carbocycles. The second-order valence-electron chi connectivity index (χ2n) is 6.34. The van der Waals surface area contributed by atoms with Crippen LogP contribution in [0.25, 0.3) is 0 Å². The van der Waals surface area contributed by atoms with Crippen molar-refractivity contribution in [3.05, 3.63) is 0 Å². The minimum absolute atomic E-state index is 0.269. The molecule has 0 bridgehead atoms. The normalized spacial score (nSPS) is 34.3. The van der Waals surface area contributed by atoms with Gasteiger partial charge in [0.25, 0.3) is 0 Å². The van der Waals surface area contributed by atoms with Crippen LogP contribution in [0.4, 0.5) is 0 Å². The fourth-order valence-corrected chi connectivity index (χ4v) is 3.74. The molecule has 1 heterocycles. The van der Waals surface area contributed by atoms with E-state index in [9.17, 15) is 0 Å². The number of rotatable bonds is 5. The summed E-state index contributed by atoms with van der Waals surface area (Å²) < 4.78 is 11.9. The molecule has 0 aromatic carbocycles. The quantitative estimate of drug-likeness (QED) is 0.821. The van der Waals surface area contributed by atoms with Crippen LogP contribution in [0.15, 0.2) is 0 Å². The van der Waals surface area contributed by atoms with Gasteiger partial charge in [0.15, 0.2) is 5.79 Å². The Morgan fingerprint density at radius 3 is 2.53 bits per heavy atom. The Morgan fingerprint density at radius 2 is 1.95 bits per heavy atom. The first-order valence-electron chi connectivity index (χ1n) is 7.95. The van der Waals surface area contributed by atoms with Gasteiger partial charge >= 0.3 is 0 Å². The molecule has 1 aliphatic heterocycles. The van der Waals surface area contributed by atoms with Gasteiger partial charge in [0.2, 0.25) is 0 Å². The molecule has 1 N–H and O–H groups in total. The fraction of sp³-hybridized carbons (Fsp3) is 1.00. The second-order valence-corrected chi connectivity index (χ2v) is 6.34. The lowest BCUT2D eigenvalue weighted by Gasteiger charge is -2.45. The van der Waals surface area contributed by atoms with Crippen LogP contribution in [-0.4, -0.2) is 56.1 Å². The van der Waals surface area contributed by atoms with Crippen molar-refractivity contribution in [3.8, 4) is 0 Å². The van der Waals surface area contributed by atoms with Gasteiger partial charge in [0.1, 0.15) is 0 Å². The third kappa shape index (κ3) is 2.97. The Bertz CT molecular complexity index is 301. The number of hydrogen-bond acceptors (Lipinski definition) is 4. The summed E-state index contributed by atoms with van der Waals surface area (Å²) in [6.45, 7) is 6.22. The Labute approximate surface area is 116 Å². The maximum absolute atomic E-state index is 5.94. The van der Waals surface area contributed by atoms with Crippen molar-refractivity contribution >= 4 is 0 Å². The van der Waals surface area contributed by atoms with E-state index >= 15 is 0 Å². The average Bonchev–Trinajstić information content (AvgIpc) is 3.16. The number of nitrogens with one attached hydrogen (secondary N) is 1. The first-order valence-corrected chi connectivity index (χ1v) is 7.95. The van der Waals surface area contributed by atoms with E-state index in [1.807, 2.05) is 0 Å². The highest BCUT2D eigenvalue weighted by atomic mass is 16.7. The number of likely N-dealkylation sites (N-methyl/N-ethyl adjacent to an activating group) is 2. The van der Waals surface area contributed by atoms with Crippen molar-refractivity contribution in [2.45, 2.75) is 56.9 Å². The van der Waals surface area contributed by atoms with Gasteiger partial charge in [-0.15, -0.1) is 0 Å². The van der Waals surface area contributed by atoms with E-state index in [-0.39, 0.29) is 5.79 Å². The van der Waals surface area contributed by atoms with Gasteiger partial charge < -0.3 is 14.8 Å². The van der Waals surface area contributed by atoms with Gasteiger partial charge in [0.05, 0.1) is 13.2 Å². The second kappa shape index (κ2) is 5.68. The van der Waals surface area contributed by atoms with E-state index in [4.69, 9.17) is 9.47 Å². The summed E-state index contributed by atoms with van der Waals surface area (Å²) in [6, 6.07) is 1.14. The third-order valence-corrected chi connectivity index (χ3v) is 5.07. The monoisotopic (exact) mass is 268 g/mol. The molecule has 0 amide bonds. The molecule has 0 aromatic heterocycles. The van der Waals surface area contributed by atoms with Gasteiger partial charge in [-0.1, -0.05) is 6.92 Å². The minimum atomic E-state index is -0.269. The molecule has 2 atom stereocenters. The average molecular weight is 268 g/mol. The van der Waals surface area contributed by atoms with E-state index in [1.165, 1.54) is 19.4 Å². The summed E-state index contributed by atoms with van der Waals surface area (Å²) in [7, 11) is 2.09. The molecule has 0 radical (unpaired) electrons. The first kappa shape index (κ1) is 13.8. The van der Waals surface area contributed by atoms with Crippen molar-refractivity contribution in [2.24, 2.45) is 5.92 Å². The molecule has 0 aromatic rings. The molecule has 4 nitrogen and oxygen atoms in total. The molecule has 2 unspecified atom stereocenters. The predicted molar refractivity (Wildman–Crippen MR) is 75.1 cm³/mol. The summed E-state index contributed by atoms with van der Waals surface area (Å²) in [5.41, 5.74) is 0. The largest absolute Gasteiger partial charge is 0.347 e. The zero-order valence-corrected chi connectivity index (χ0v) is 12.4. The Balaban J connectivity index is 1.69. The van der Waals surface area contributed by atoms with Gasteiger partial charge in [-0.3, -0.25) is 4.90 Å². The molecule has 19 heavy (non-hydrogen) atoms. The van der Waals surface area contributed by atoms with Crippen LogP contribution in [0.3, 0.4) is 0 Å². The van der Waals surface area contributed by atoms with E-state index in [2.05, 4.69) is 24.2 Å². The smallest absolute Gasteiger partial charge is 0.170 e. The van der Waals surface area contributed by atoms with Crippen LogP contribution in [-0.2, 0) is 9.47 Å². The van der Waals surface area contributed by atoms with Crippen LogP contribution in [0.1, 0.15) is 39.0 Å². The van der Waals surface area contributed by atoms with E-state index in [1.54, 1.807) is 0 Å². The zero-order valence-electron chi connectivity index (χ0n) is 12.4. The van der Waals surface area contributed by atoms with Gasteiger partial charge in [-0.05, 0) is 38.8 Å². The van der Waals surface area contributed by atoms with Gasteiger partial charge in [0, 0.05) is 31.5 Å². The molecular formula is C15H28N2O2. The van der Waals surface area contributed by atoms with Gasteiger partial charge in [-0.2, -0.15) is 0 Å². The lowest BCUT2D eigenvalue weighted by atomic mass is 9.84. The number of hydrogen-bond donors (Lipinski definition) is 1. The summed E-state index contributed by atoms with van der Waals surface area (Å²) in [4.78, 5) is 2.66. The first-order chi connectivity index (χ1) is 9.26. The molecule has 1 spiro atoms. The Kier molecular flexibility index (Phi) is 4.13. The lowest BCUT2D eigenvalue weighted by Crippen LogP contribution is -2.57. The van der Waals surface area contributed by atoms with E-state index < -0.39 is 0 Å². The lowest BCUT2D eigenvalue weighted by molar-refractivity contribution is -0.193. The number of nitrogens with zero attached hydrogens (tertiary/aromatic N) is 1. The van der Waals surface area contributed by atoms with Gasteiger partial charge in [-0.25, -0.2) is 0 Å². The summed E-state index contributed by atoms with van der Waals surface area (Å²) in [5.74, 6) is 0.676. The van der Waals surface area contributed by atoms with Crippen LogP contribution in [0.2, 0.25) is 0 Å². The Morgan fingerprint density at radius 1 is 1.21 bits per heavy atom. The van der Waals surface area contributed by atoms with Crippen LogP contribution < -0.4 is 5.32 Å². The highest BCUT2D eigenvalue weighted by molar-refractivity contribution is 4.97. The maximum atomic E-state index is 5.94. The van der Waals surface area contributed by atoms with Crippen LogP contribution in [0, 0.1) is 5.92 Å². The number of ether oxygens (including phenoxy) is 2. The molecular weight excluding hydrogens is 240 g/mol. The molecule has 2 saturated carbocycles. The van der Waals surface area contributed by atoms with Crippen molar-refractivity contribution in [2.75, 3.05) is 33.4 Å². The molecule has 1 saturated heterocycles. The zero-order chi connectivity index (χ0) is 13.3. The molecule has 3 aliphatic rings.